The fourth-order valence-corrected chi connectivity index (χ4v) is 5.01. The summed E-state index contributed by atoms with van der Waals surface area (Å²) < 4.78 is 32.8. The molecule has 0 bridgehead atoms. The van der Waals surface area contributed by atoms with E-state index in [4.69, 9.17) is 4.74 Å². The van der Waals surface area contributed by atoms with E-state index in [-0.39, 0.29) is 10.8 Å². The predicted molar refractivity (Wildman–Crippen MR) is 97.7 cm³/mol. The van der Waals surface area contributed by atoms with E-state index in [0.29, 0.717) is 6.54 Å². The number of nitrogens with zero attached hydrogens (tertiary/aromatic N) is 1. The summed E-state index contributed by atoms with van der Waals surface area (Å²) >= 11 is 1.25. The molecule has 25 heavy (non-hydrogen) atoms. The topological polar surface area (TPSA) is 75.7 Å². The van der Waals surface area contributed by atoms with Crippen molar-refractivity contribution in [3.8, 4) is 0 Å². The van der Waals surface area contributed by atoms with Crippen LogP contribution in [0.15, 0.2) is 40.6 Å². The van der Waals surface area contributed by atoms with Crippen molar-refractivity contribution in [3.63, 3.8) is 0 Å². The highest BCUT2D eigenvalue weighted by molar-refractivity contribution is 7.91. The van der Waals surface area contributed by atoms with Gasteiger partial charge in [-0.3, -0.25) is 4.90 Å². The number of nitrogens with one attached hydrogen (secondary N) is 1. The Morgan fingerprint density at radius 3 is 2.80 bits per heavy atom. The van der Waals surface area contributed by atoms with Crippen molar-refractivity contribution in [1.82, 2.24) is 4.72 Å². The van der Waals surface area contributed by atoms with Crippen molar-refractivity contribution in [2.75, 3.05) is 18.0 Å². The summed E-state index contributed by atoms with van der Waals surface area (Å²) in [5, 5.41) is 0. The van der Waals surface area contributed by atoms with Crippen LogP contribution in [0, 0.1) is 6.92 Å². The molecule has 2 aromatic rings. The summed E-state index contributed by atoms with van der Waals surface area (Å²) in [6.45, 7) is 4.29. The SMILES string of the molecule is CCc1ccc(S(=O)(=O)NCC2CN(c3cccc(C)c3)C(=O)O2)s1. The lowest BCUT2D eigenvalue weighted by molar-refractivity contribution is 0.143. The van der Waals surface area contributed by atoms with Crippen LogP contribution in [0.4, 0.5) is 10.5 Å². The zero-order valence-corrected chi connectivity index (χ0v) is 15.7. The van der Waals surface area contributed by atoms with Crippen molar-refractivity contribution >= 4 is 33.1 Å². The second-order valence-corrected chi connectivity index (χ2v) is 9.04. The first-order chi connectivity index (χ1) is 11.9. The molecule has 134 valence electrons. The molecule has 1 aliphatic heterocycles. The van der Waals surface area contributed by atoms with Gasteiger partial charge in [-0.2, -0.15) is 0 Å². The van der Waals surface area contributed by atoms with Gasteiger partial charge in [-0.1, -0.05) is 19.1 Å². The van der Waals surface area contributed by atoms with Crippen LogP contribution >= 0.6 is 11.3 Å². The largest absolute Gasteiger partial charge is 0.443 e. The second-order valence-electron chi connectivity index (χ2n) is 5.88. The Morgan fingerprint density at radius 1 is 1.32 bits per heavy atom. The molecule has 0 saturated carbocycles. The minimum atomic E-state index is -3.58. The smallest absolute Gasteiger partial charge is 0.414 e. The van der Waals surface area contributed by atoms with E-state index in [1.807, 2.05) is 44.2 Å². The maximum Gasteiger partial charge on any atom is 0.414 e. The van der Waals surface area contributed by atoms with Gasteiger partial charge >= 0.3 is 6.09 Å². The van der Waals surface area contributed by atoms with Crippen LogP contribution in [0.25, 0.3) is 0 Å². The van der Waals surface area contributed by atoms with Crippen molar-refractivity contribution in [1.29, 1.82) is 0 Å². The number of rotatable bonds is 6. The minimum Gasteiger partial charge on any atom is -0.443 e. The third-order valence-corrected chi connectivity index (χ3v) is 7.08. The second kappa shape index (κ2) is 7.15. The Morgan fingerprint density at radius 2 is 2.12 bits per heavy atom. The average Bonchev–Trinajstić information content (AvgIpc) is 3.20. The first-order valence-electron chi connectivity index (χ1n) is 8.02. The van der Waals surface area contributed by atoms with Crippen LogP contribution < -0.4 is 9.62 Å². The number of thiophene rings is 1. The highest BCUT2D eigenvalue weighted by Gasteiger charge is 2.33. The molecule has 3 rings (SSSR count). The maximum absolute atomic E-state index is 12.3. The minimum absolute atomic E-state index is 0.0513. The molecule has 1 aromatic heterocycles. The molecule has 1 unspecified atom stereocenters. The van der Waals surface area contributed by atoms with Gasteiger partial charge in [0.1, 0.15) is 10.3 Å². The summed E-state index contributed by atoms with van der Waals surface area (Å²) in [7, 11) is -3.58. The standard InChI is InChI=1S/C17H20N2O4S2/c1-3-15-7-8-16(24-15)25(21,22)18-10-14-11-19(17(20)23-14)13-6-4-5-12(2)9-13/h4-9,14,18H,3,10-11H2,1-2H3. The quantitative estimate of drug-likeness (QED) is 0.836. The van der Waals surface area contributed by atoms with Gasteiger partial charge in [0.25, 0.3) is 0 Å². The number of carbonyl (C=O) groups is 1. The lowest BCUT2D eigenvalue weighted by Gasteiger charge is -2.13. The number of hydrogen-bond donors (Lipinski definition) is 1. The lowest BCUT2D eigenvalue weighted by Crippen LogP contribution is -2.34. The predicted octanol–water partition coefficient (Wildman–Crippen LogP) is 2.92. The Hall–Kier alpha value is -1.90. The first kappa shape index (κ1) is 17.9. The number of carbonyl (C=O) groups excluding carboxylic acids is 1. The number of sulfonamides is 1. The molecule has 0 radical (unpaired) electrons. The van der Waals surface area contributed by atoms with Gasteiger partial charge in [-0.25, -0.2) is 17.9 Å². The first-order valence-corrected chi connectivity index (χ1v) is 10.3. The summed E-state index contributed by atoms with van der Waals surface area (Å²) in [6, 6.07) is 11.0. The highest BCUT2D eigenvalue weighted by Crippen LogP contribution is 2.24. The summed E-state index contributed by atoms with van der Waals surface area (Å²) in [5.41, 5.74) is 1.79. The van der Waals surface area contributed by atoms with Crippen LogP contribution in [0.5, 0.6) is 0 Å². The number of ether oxygens (including phenoxy) is 1. The zero-order chi connectivity index (χ0) is 18.0. The van der Waals surface area contributed by atoms with Crippen LogP contribution in [0.3, 0.4) is 0 Å². The van der Waals surface area contributed by atoms with Gasteiger partial charge in [0.05, 0.1) is 6.54 Å². The molecule has 0 aliphatic carbocycles. The number of aryl methyl sites for hydroxylation is 2. The van der Waals surface area contributed by atoms with E-state index < -0.39 is 22.2 Å². The van der Waals surface area contributed by atoms with Gasteiger partial charge in [0, 0.05) is 17.1 Å². The van der Waals surface area contributed by atoms with Crippen LogP contribution in [-0.2, 0) is 21.2 Å². The molecule has 1 saturated heterocycles. The van der Waals surface area contributed by atoms with Gasteiger partial charge in [0.2, 0.25) is 10.0 Å². The highest BCUT2D eigenvalue weighted by atomic mass is 32.2. The number of amides is 1. The Balaban J connectivity index is 1.63. The number of anilines is 1. The van der Waals surface area contributed by atoms with E-state index in [9.17, 15) is 13.2 Å². The number of hydrogen-bond acceptors (Lipinski definition) is 5. The van der Waals surface area contributed by atoms with Gasteiger partial charge in [-0.15, -0.1) is 11.3 Å². The number of benzene rings is 1. The van der Waals surface area contributed by atoms with Crippen LogP contribution in [0.1, 0.15) is 17.4 Å². The molecular formula is C17H20N2O4S2. The Bertz CT molecular complexity index is 876. The van der Waals surface area contributed by atoms with E-state index in [1.165, 1.54) is 16.2 Å². The molecule has 1 aromatic carbocycles. The van der Waals surface area contributed by atoms with E-state index in [1.54, 1.807) is 6.07 Å². The summed E-state index contributed by atoms with van der Waals surface area (Å²) in [6.07, 6.45) is -0.182. The van der Waals surface area contributed by atoms with E-state index in [2.05, 4.69) is 4.72 Å². The fraction of sp³-hybridized carbons (Fsp3) is 0.353. The number of cyclic esters (lactones) is 1. The van der Waals surface area contributed by atoms with E-state index >= 15 is 0 Å². The Labute approximate surface area is 151 Å². The zero-order valence-electron chi connectivity index (χ0n) is 14.1. The van der Waals surface area contributed by atoms with E-state index in [0.717, 1.165) is 22.5 Å². The Kier molecular flexibility index (Phi) is 5.12. The van der Waals surface area contributed by atoms with Gasteiger partial charge in [0.15, 0.2) is 0 Å². The molecule has 8 heteroatoms. The monoisotopic (exact) mass is 380 g/mol. The summed E-state index contributed by atoms with van der Waals surface area (Å²) in [4.78, 5) is 14.6. The van der Waals surface area contributed by atoms with Crippen LogP contribution in [-0.4, -0.2) is 33.7 Å². The van der Waals surface area contributed by atoms with Crippen molar-refractivity contribution < 1.29 is 17.9 Å². The molecule has 2 heterocycles. The average molecular weight is 380 g/mol. The van der Waals surface area contributed by atoms with Crippen LogP contribution in [0.2, 0.25) is 0 Å². The molecular weight excluding hydrogens is 360 g/mol. The van der Waals surface area contributed by atoms with Gasteiger partial charge < -0.3 is 4.74 Å². The molecule has 1 amide bonds. The molecule has 1 N–H and O–H groups in total. The molecule has 1 fully saturated rings. The molecule has 1 atom stereocenters. The van der Waals surface area contributed by atoms with Crippen molar-refractivity contribution in [2.45, 2.75) is 30.6 Å². The normalized spacial score (nSPS) is 17.8. The molecule has 6 nitrogen and oxygen atoms in total. The summed E-state index contributed by atoms with van der Waals surface area (Å²) in [5.74, 6) is 0. The van der Waals surface area contributed by atoms with Gasteiger partial charge in [-0.05, 0) is 43.2 Å². The molecule has 1 aliphatic rings. The van der Waals surface area contributed by atoms with Crippen molar-refractivity contribution in [2.24, 2.45) is 0 Å². The third-order valence-electron chi connectivity index (χ3n) is 3.94. The lowest BCUT2D eigenvalue weighted by atomic mass is 10.2. The maximum atomic E-state index is 12.3. The fourth-order valence-electron chi connectivity index (χ4n) is 2.60. The molecule has 0 spiro atoms. The van der Waals surface area contributed by atoms with Crippen molar-refractivity contribution in [3.05, 3.63) is 46.8 Å². The third kappa shape index (κ3) is 4.02.